The van der Waals surface area contributed by atoms with Gasteiger partial charge in [0.15, 0.2) is 5.13 Å². The van der Waals surface area contributed by atoms with Gasteiger partial charge in [0.25, 0.3) is 5.91 Å². The fourth-order valence-electron chi connectivity index (χ4n) is 2.13. The zero-order valence-electron chi connectivity index (χ0n) is 11.5. The van der Waals surface area contributed by atoms with E-state index in [-0.39, 0.29) is 5.91 Å². The van der Waals surface area contributed by atoms with Crippen molar-refractivity contribution in [1.29, 1.82) is 0 Å². The standard InChI is InChI=1S/C15H14N4OS/c1-19(9-10-3-2-6-17-8-10)14(20)11-4-5-12-13(7-11)21-15(16)18-12/h2-8H,9H2,1H3,(H2,16,18). The highest BCUT2D eigenvalue weighted by Crippen LogP contribution is 2.25. The summed E-state index contributed by atoms with van der Waals surface area (Å²) in [5, 5.41) is 0.512. The second-order valence-electron chi connectivity index (χ2n) is 4.76. The summed E-state index contributed by atoms with van der Waals surface area (Å²) in [6.45, 7) is 0.523. The Bertz CT molecular complexity index is 785. The summed E-state index contributed by atoms with van der Waals surface area (Å²) in [6, 6.07) is 9.26. The predicted octanol–water partition coefficient (Wildman–Crippen LogP) is 2.55. The normalized spacial score (nSPS) is 10.7. The molecule has 2 heterocycles. The number of rotatable bonds is 3. The Labute approximate surface area is 126 Å². The maximum Gasteiger partial charge on any atom is 0.253 e. The molecule has 0 atom stereocenters. The lowest BCUT2D eigenvalue weighted by Crippen LogP contribution is -2.26. The van der Waals surface area contributed by atoms with Crippen LogP contribution in [0, 0.1) is 0 Å². The van der Waals surface area contributed by atoms with Crippen molar-refractivity contribution >= 4 is 32.6 Å². The zero-order valence-corrected chi connectivity index (χ0v) is 12.3. The number of thiazole rings is 1. The van der Waals surface area contributed by atoms with E-state index in [1.54, 1.807) is 30.4 Å². The third kappa shape index (κ3) is 2.85. The van der Waals surface area contributed by atoms with Crippen molar-refractivity contribution in [3.05, 3.63) is 53.9 Å². The highest BCUT2D eigenvalue weighted by atomic mass is 32.1. The zero-order chi connectivity index (χ0) is 14.8. The molecule has 2 N–H and O–H groups in total. The van der Waals surface area contributed by atoms with Crippen LogP contribution in [-0.4, -0.2) is 27.8 Å². The first kappa shape index (κ1) is 13.5. The predicted molar refractivity (Wildman–Crippen MR) is 84.1 cm³/mol. The van der Waals surface area contributed by atoms with Gasteiger partial charge in [-0.2, -0.15) is 0 Å². The Morgan fingerprint density at radius 3 is 3.00 bits per heavy atom. The summed E-state index contributed by atoms with van der Waals surface area (Å²) in [6.07, 6.45) is 3.48. The van der Waals surface area contributed by atoms with Crippen molar-refractivity contribution in [2.24, 2.45) is 0 Å². The van der Waals surface area contributed by atoms with Crippen LogP contribution >= 0.6 is 11.3 Å². The Hall–Kier alpha value is -2.47. The molecule has 0 aliphatic rings. The topological polar surface area (TPSA) is 72.1 Å². The van der Waals surface area contributed by atoms with Gasteiger partial charge in [0, 0.05) is 31.5 Å². The number of nitrogen functional groups attached to an aromatic ring is 1. The smallest absolute Gasteiger partial charge is 0.253 e. The number of aromatic nitrogens is 2. The van der Waals surface area contributed by atoms with Crippen molar-refractivity contribution in [3.63, 3.8) is 0 Å². The lowest BCUT2D eigenvalue weighted by atomic mass is 10.2. The maximum atomic E-state index is 12.5. The number of hydrogen-bond donors (Lipinski definition) is 1. The average Bonchev–Trinajstić information content (AvgIpc) is 2.86. The third-order valence-corrected chi connectivity index (χ3v) is 3.99. The maximum absolute atomic E-state index is 12.5. The van der Waals surface area contributed by atoms with Gasteiger partial charge in [-0.25, -0.2) is 4.98 Å². The first-order chi connectivity index (χ1) is 10.1. The molecule has 21 heavy (non-hydrogen) atoms. The van der Waals surface area contributed by atoms with Crippen LogP contribution in [-0.2, 0) is 6.54 Å². The number of hydrogen-bond acceptors (Lipinski definition) is 5. The fourth-order valence-corrected chi connectivity index (χ4v) is 2.91. The van der Waals surface area contributed by atoms with E-state index in [0.717, 1.165) is 15.8 Å². The van der Waals surface area contributed by atoms with E-state index in [9.17, 15) is 4.79 Å². The highest BCUT2D eigenvalue weighted by Gasteiger charge is 2.13. The Morgan fingerprint density at radius 1 is 1.38 bits per heavy atom. The van der Waals surface area contributed by atoms with Gasteiger partial charge < -0.3 is 10.6 Å². The van der Waals surface area contributed by atoms with E-state index >= 15 is 0 Å². The van der Waals surface area contributed by atoms with Gasteiger partial charge in [-0.05, 0) is 29.8 Å². The lowest BCUT2D eigenvalue weighted by Gasteiger charge is -2.17. The summed E-state index contributed by atoms with van der Waals surface area (Å²) < 4.78 is 0.924. The Morgan fingerprint density at radius 2 is 2.24 bits per heavy atom. The monoisotopic (exact) mass is 298 g/mol. The van der Waals surface area contributed by atoms with Gasteiger partial charge in [-0.1, -0.05) is 17.4 Å². The van der Waals surface area contributed by atoms with Gasteiger partial charge >= 0.3 is 0 Å². The Kier molecular flexibility index (Phi) is 3.53. The molecule has 0 aliphatic carbocycles. The number of benzene rings is 1. The molecule has 3 rings (SSSR count). The van der Waals surface area contributed by atoms with E-state index in [1.807, 2.05) is 24.3 Å². The molecule has 0 radical (unpaired) electrons. The molecule has 0 spiro atoms. The molecule has 5 nitrogen and oxygen atoms in total. The fraction of sp³-hybridized carbons (Fsp3) is 0.133. The summed E-state index contributed by atoms with van der Waals surface area (Å²) in [5.74, 6) is -0.0345. The number of anilines is 1. The molecule has 1 amide bonds. The largest absolute Gasteiger partial charge is 0.375 e. The van der Waals surface area contributed by atoms with Crippen LogP contribution in [0.2, 0.25) is 0 Å². The number of amides is 1. The van der Waals surface area contributed by atoms with Gasteiger partial charge in [0.2, 0.25) is 0 Å². The highest BCUT2D eigenvalue weighted by molar-refractivity contribution is 7.22. The molecule has 2 aromatic heterocycles. The number of carbonyl (C=O) groups excluding carboxylic acids is 1. The second-order valence-corrected chi connectivity index (χ2v) is 5.82. The minimum atomic E-state index is -0.0345. The summed E-state index contributed by atoms with van der Waals surface area (Å²) >= 11 is 1.39. The molecule has 0 saturated carbocycles. The number of carbonyl (C=O) groups is 1. The molecule has 106 valence electrons. The molecule has 3 aromatic rings. The van der Waals surface area contributed by atoms with Crippen LogP contribution < -0.4 is 5.73 Å². The van der Waals surface area contributed by atoms with Crippen LogP contribution in [0.4, 0.5) is 5.13 Å². The van der Waals surface area contributed by atoms with E-state index in [4.69, 9.17) is 5.73 Å². The summed E-state index contributed by atoms with van der Waals surface area (Å²) in [7, 11) is 1.78. The SMILES string of the molecule is CN(Cc1cccnc1)C(=O)c1ccc2nc(N)sc2c1. The van der Waals surface area contributed by atoms with Crippen LogP contribution in [0.5, 0.6) is 0 Å². The van der Waals surface area contributed by atoms with Crippen LogP contribution in [0.1, 0.15) is 15.9 Å². The van der Waals surface area contributed by atoms with Crippen LogP contribution in [0.15, 0.2) is 42.7 Å². The molecule has 0 bridgehead atoms. The molecule has 6 heteroatoms. The number of nitrogens with zero attached hydrogens (tertiary/aromatic N) is 3. The first-order valence-corrected chi connectivity index (χ1v) is 7.25. The average molecular weight is 298 g/mol. The van der Waals surface area contributed by atoms with Crippen molar-refractivity contribution in [2.75, 3.05) is 12.8 Å². The summed E-state index contributed by atoms with van der Waals surface area (Å²) in [5.41, 5.74) is 8.14. The lowest BCUT2D eigenvalue weighted by molar-refractivity contribution is 0.0785. The molecule has 0 aliphatic heterocycles. The van der Waals surface area contributed by atoms with Crippen LogP contribution in [0.25, 0.3) is 10.2 Å². The molecule has 0 fully saturated rings. The summed E-state index contributed by atoms with van der Waals surface area (Å²) in [4.78, 5) is 22.4. The minimum Gasteiger partial charge on any atom is -0.375 e. The molecule has 0 saturated heterocycles. The molecule has 0 unspecified atom stereocenters. The minimum absolute atomic E-state index is 0.0345. The number of nitrogens with two attached hydrogens (primary N) is 1. The quantitative estimate of drug-likeness (QED) is 0.806. The van der Waals surface area contributed by atoms with E-state index in [1.165, 1.54) is 11.3 Å². The van der Waals surface area contributed by atoms with Crippen molar-refractivity contribution in [1.82, 2.24) is 14.9 Å². The molecule has 1 aromatic carbocycles. The van der Waals surface area contributed by atoms with Gasteiger partial charge in [-0.3, -0.25) is 9.78 Å². The number of fused-ring (bicyclic) bond motifs is 1. The van der Waals surface area contributed by atoms with Crippen molar-refractivity contribution < 1.29 is 4.79 Å². The van der Waals surface area contributed by atoms with Gasteiger partial charge in [-0.15, -0.1) is 0 Å². The van der Waals surface area contributed by atoms with Gasteiger partial charge in [0.1, 0.15) is 0 Å². The molecular weight excluding hydrogens is 284 g/mol. The third-order valence-electron chi connectivity index (χ3n) is 3.14. The van der Waals surface area contributed by atoms with Gasteiger partial charge in [0.05, 0.1) is 10.2 Å². The number of pyridine rings is 1. The van der Waals surface area contributed by atoms with E-state index in [2.05, 4.69) is 9.97 Å². The van der Waals surface area contributed by atoms with E-state index < -0.39 is 0 Å². The van der Waals surface area contributed by atoms with Crippen molar-refractivity contribution in [3.8, 4) is 0 Å². The second kappa shape index (κ2) is 5.49. The molecular formula is C15H14N4OS. The Balaban J connectivity index is 1.82. The van der Waals surface area contributed by atoms with E-state index in [0.29, 0.717) is 17.2 Å². The van der Waals surface area contributed by atoms with Crippen LogP contribution in [0.3, 0.4) is 0 Å². The van der Waals surface area contributed by atoms with Crippen molar-refractivity contribution in [2.45, 2.75) is 6.54 Å². The first-order valence-electron chi connectivity index (χ1n) is 6.44.